The van der Waals surface area contributed by atoms with E-state index in [1.54, 1.807) is 12.1 Å². The van der Waals surface area contributed by atoms with E-state index in [9.17, 15) is 13.2 Å². The zero-order valence-corrected chi connectivity index (χ0v) is 18.6. The van der Waals surface area contributed by atoms with Crippen LogP contribution in [-0.2, 0) is 14.8 Å². The number of anilines is 2. The third-order valence-corrected chi connectivity index (χ3v) is 7.86. The van der Waals surface area contributed by atoms with Crippen molar-refractivity contribution < 1.29 is 13.2 Å². The molecule has 2 saturated heterocycles. The Balaban J connectivity index is 1.41. The Morgan fingerprint density at radius 2 is 1.77 bits per heavy atom. The molecular formula is C22H29N5O3S. The van der Waals surface area contributed by atoms with Gasteiger partial charge in [-0.15, -0.1) is 0 Å². The summed E-state index contributed by atoms with van der Waals surface area (Å²) in [6.07, 6.45) is 3.15. The zero-order valence-electron chi connectivity index (χ0n) is 17.8. The summed E-state index contributed by atoms with van der Waals surface area (Å²) in [4.78, 5) is 21.5. The van der Waals surface area contributed by atoms with Gasteiger partial charge in [-0.3, -0.25) is 4.79 Å². The number of piperidine rings is 1. The van der Waals surface area contributed by atoms with Crippen molar-refractivity contribution in [3.63, 3.8) is 0 Å². The standard InChI is InChI=1S/C22H29N5O3S/c1-25-12-14-27(15-13-25)31(29,30)20-9-10-21(23-16-20)26-11-5-6-18(17-26)22(28)24-19-7-3-2-4-8-19/h2-4,7-10,16,18H,5-6,11-15,17H2,1H3,(H,24,28)/t18-/m0/s1. The number of hydrogen-bond donors (Lipinski definition) is 1. The van der Waals surface area contributed by atoms with E-state index < -0.39 is 10.0 Å². The van der Waals surface area contributed by atoms with E-state index in [4.69, 9.17) is 0 Å². The van der Waals surface area contributed by atoms with Crippen LogP contribution in [-0.4, -0.2) is 74.8 Å². The van der Waals surface area contributed by atoms with E-state index in [0.29, 0.717) is 25.5 Å². The van der Waals surface area contributed by atoms with Gasteiger partial charge in [-0.05, 0) is 44.2 Å². The maximum absolute atomic E-state index is 12.9. The monoisotopic (exact) mass is 443 g/mol. The molecular weight excluding hydrogens is 414 g/mol. The predicted molar refractivity (Wildman–Crippen MR) is 121 cm³/mol. The zero-order chi connectivity index (χ0) is 21.8. The van der Waals surface area contributed by atoms with Crippen LogP contribution in [0.4, 0.5) is 11.5 Å². The lowest BCUT2D eigenvalue weighted by atomic mass is 9.97. The van der Waals surface area contributed by atoms with Crippen LogP contribution in [0.25, 0.3) is 0 Å². The number of hydrogen-bond acceptors (Lipinski definition) is 6. The Morgan fingerprint density at radius 1 is 1.03 bits per heavy atom. The van der Waals surface area contributed by atoms with Crippen LogP contribution in [0.2, 0.25) is 0 Å². The maximum atomic E-state index is 12.9. The second-order valence-corrected chi connectivity index (χ2v) is 10.1. The van der Waals surface area contributed by atoms with Crippen molar-refractivity contribution in [2.75, 3.05) is 56.5 Å². The first-order chi connectivity index (χ1) is 14.9. The molecule has 4 rings (SSSR count). The number of carbonyl (C=O) groups is 1. The van der Waals surface area contributed by atoms with Crippen molar-refractivity contribution in [3.05, 3.63) is 48.7 Å². The van der Waals surface area contributed by atoms with Gasteiger partial charge in [-0.1, -0.05) is 18.2 Å². The SMILES string of the molecule is CN1CCN(S(=O)(=O)c2ccc(N3CCC[C@H](C(=O)Nc4ccccc4)C3)nc2)CC1. The molecule has 0 bridgehead atoms. The lowest BCUT2D eigenvalue weighted by Crippen LogP contribution is -2.47. The fraction of sp³-hybridized carbons (Fsp3) is 0.455. The number of amides is 1. The van der Waals surface area contributed by atoms with Crippen LogP contribution < -0.4 is 10.2 Å². The molecule has 9 heteroatoms. The van der Waals surface area contributed by atoms with E-state index in [0.717, 1.165) is 38.2 Å². The summed E-state index contributed by atoms with van der Waals surface area (Å²) in [5.41, 5.74) is 0.793. The molecule has 0 aliphatic carbocycles. The van der Waals surface area contributed by atoms with Crippen LogP contribution in [0.3, 0.4) is 0 Å². The molecule has 8 nitrogen and oxygen atoms in total. The summed E-state index contributed by atoms with van der Waals surface area (Å²) in [6.45, 7) is 3.80. The van der Waals surface area contributed by atoms with Crippen molar-refractivity contribution in [3.8, 4) is 0 Å². The molecule has 2 aliphatic heterocycles. The highest BCUT2D eigenvalue weighted by molar-refractivity contribution is 7.89. The molecule has 0 unspecified atom stereocenters. The van der Waals surface area contributed by atoms with Gasteiger partial charge >= 0.3 is 0 Å². The Hall–Kier alpha value is -2.49. The molecule has 1 N–H and O–H groups in total. The molecule has 2 fully saturated rings. The van der Waals surface area contributed by atoms with Gasteiger partial charge in [0.2, 0.25) is 15.9 Å². The van der Waals surface area contributed by atoms with E-state index in [2.05, 4.69) is 20.1 Å². The van der Waals surface area contributed by atoms with Gasteiger partial charge in [0.1, 0.15) is 10.7 Å². The van der Waals surface area contributed by atoms with Gasteiger partial charge < -0.3 is 15.1 Å². The van der Waals surface area contributed by atoms with Crippen molar-refractivity contribution in [1.29, 1.82) is 0 Å². The number of likely N-dealkylation sites (N-methyl/N-ethyl adjacent to an activating group) is 1. The molecule has 1 amide bonds. The summed E-state index contributed by atoms with van der Waals surface area (Å²) >= 11 is 0. The molecule has 2 aromatic rings. The lowest BCUT2D eigenvalue weighted by Gasteiger charge is -2.33. The number of sulfonamides is 1. The first-order valence-corrected chi connectivity index (χ1v) is 12.1. The Bertz CT molecular complexity index is 990. The minimum absolute atomic E-state index is 0.00478. The van der Waals surface area contributed by atoms with E-state index >= 15 is 0 Å². The summed E-state index contributed by atoms with van der Waals surface area (Å²) in [7, 11) is -1.54. The number of piperazine rings is 1. The molecule has 0 radical (unpaired) electrons. The molecule has 2 aliphatic rings. The van der Waals surface area contributed by atoms with Gasteiger partial charge in [-0.2, -0.15) is 4.31 Å². The van der Waals surface area contributed by atoms with E-state index in [-0.39, 0.29) is 16.7 Å². The molecule has 1 atom stereocenters. The quantitative estimate of drug-likeness (QED) is 0.759. The summed E-state index contributed by atoms with van der Waals surface area (Å²) in [5, 5.41) is 2.98. The molecule has 166 valence electrons. The second kappa shape index (κ2) is 9.33. The third kappa shape index (κ3) is 5.06. The minimum atomic E-state index is -3.53. The molecule has 1 aromatic carbocycles. The molecule has 1 aromatic heterocycles. The summed E-state index contributed by atoms with van der Waals surface area (Å²) in [6, 6.07) is 12.8. The van der Waals surface area contributed by atoms with Gasteiger partial charge in [0.25, 0.3) is 0 Å². The van der Waals surface area contributed by atoms with Gasteiger partial charge in [-0.25, -0.2) is 13.4 Å². The predicted octanol–water partition coefficient (Wildman–Crippen LogP) is 1.87. The van der Waals surface area contributed by atoms with E-state index in [1.807, 2.05) is 37.4 Å². The molecule has 0 spiro atoms. The van der Waals surface area contributed by atoms with Gasteiger partial charge in [0.05, 0.1) is 5.92 Å². The fourth-order valence-electron chi connectivity index (χ4n) is 4.05. The van der Waals surface area contributed by atoms with Crippen LogP contribution in [0, 0.1) is 5.92 Å². The van der Waals surface area contributed by atoms with Crippen molar-refractivity contribution in [2.45, 2.75) is 17.7 Å². The number of aromatic nitrogens is 1. The number of nitrogens with zero attached hydrogens (tertiary/aromatic N) is 4. The third-order valence-electron chi connectivity index (χ3n) is 5.98. The van der Waals surface area contributed by atoms with Gasteiger partial charge in [0.15, 0.2) is 0 Å². The number of benzene rings is 1. The topological polar surface area (TPSA) is 85.9 Å². The number of para-hydroxylation sites is 1. The first-order valence-electron chi connectivity index (χ1n) is 10.7. The second-order valence-electron chi connectivity index (χ2n) is 8.20. The van der Waals surface area contributed by atoms with Crippen molar-refractivity contribution in [1.82, 2.24) is 14.2 Å². The highest BCUT2D eigenvalue weighted by atomic mass is 32.2. The summed E-state index contributed by atoms with van der Waals surface area (Å²) in [5.74, 6) is 0.573. The summed E-state index contributed by atoms with van der Waals surface area (Å²) < 4.78 is 27.3. The molecule has 0 saturated carbocycles. The molecule has 31 heavy (non-hydrogen) atoms. The highest BCUT2D eigenvalue weighted by Gasteiger charge is 2.29. The molecule has 3 heterocycles. The average molecular weight is 444 g/mol. The lowest BCUT2D eigenvalue weighted by molar-refractivity contribution is -0.120. The average Bonchev–Trinajstić information content (AvgIpc) is 2.80. The first kappa shape index (κ1) is 21.7. The number of nitrogens with one attached hydrogen (secondary N) is 1. The fourth-order valence-corrected chi connectivity index (χ4v) is 5.42. The van der Waals surface area contributed by atoms with Crippen LogP contribution in [0.5, 0.6) is 0 Å². The number of rotatable bonds is 5. The Labute approximate surface area is 183 Å². The normalized spacial score (nSPS) is 21.1. The van der Waals surface area contributed by atoms with Crippen molar-refractivity contribution >= 4 is 27.4 Å². The Morgan fingerprint density at radius 3 is 2.45 bits per heavy atom. The van der Waals surface area contributed by atoms with Crippen LogP contribution in [0.1, 0.15) is 12.8 Å². The van der Waals surface area contributed by atoms with Crippen LogP contribution >= 0.6 is 0 Å². The maximum Gasteiger partial charge on any atom is 0.244 e. The minimum Gasteiger partial charge on any atom is -0.356 e. The van der Waals surface area contributed by atoms with Gasteiger partial charge in [0, 0.05) is 51.2 Å². The largest absolute Gasteiger partial charge is 0.356 e. The van der Waals surface area contributed by atoms with E-state index in [1.165, 1.54) is 10.5 Å². The smallest absolute Gasteiger partial charge is 0.244 e. The number of pyridine rings is 1. The number of carbonyl (C=O) groups excluding carboxylic acids is 1. The highest BCUT2D eigenvalue weighted by Crippen LogP contribution is 2.25. The Kier molecular flexibility index (Phi) is 6.54. The van der Waals surface area contributed by atoms with Crippen molar-refractivity contribution in [2.24, 2.45) is 5.92 Å². The van der Waals surface area contributed by atoms with Crippen LogP contribution in [0.15, 0.2) is 53.6 Å².